The number of nitrogens with one attached hydrogen (secondary N) is 1. The van der Waals surface area contributed by atoms with Crippen molar-refractivity contribution in [3.05, 3.63) is 36.0 Å². The van der Waals surface area contributed by atoms with Gasteiger partial charge < -0.3 is 20.1 Å². The molecule has 0 unspecified atom stereocenters. The number of benzene rings is 1. The maximum atomic E-state index is 12.8. The number of rotatable bonds is 6. The zero-order chi connectivity index (χ0) is 21.0. The third-order valence-electron chi connectivity index (χ3n) is 5.08. The quantitative estimate of drug-likeness (QED) is 0.777. The lowest BCUT2D eigenvalue weighted by Crippen LogP contribution is -2.55. The van der Waals surface area contributed by atoms with Crippen molar-refractivity contribution in [2.75, 3.05) is 24.6 Å². The maximum Gasteiger partial charge on any atom is 0.251 e. The molecule has 1 aliphatic heterocycles. The molecule has 7 nitrogen and oxygen atoms in total. The molecule has 29 heavy (non-hydrogen) atoms. The summed E-state index contributed by atoms with van der Waals surface area (Å²) in [4.78, 5) is 19.3. The van der Waals surface area contributed by atoms with Crippen molar-refractivity contribution in [2.24, 2.45) is 5.92 Å². The Morgan fingerprint density at radius 2 is 2.21 bits per heavy atom. The van der Waals surface area contributed by atoms with Gasteiger partial charge in [-0.3, -0.25) is 9.78 Å². The fourth-order valence-electron chi connectivity index (χ4n) is 3.86. The topological polar surface area (TPSA) is 98.5 Å². The summed E-state index contributed by atoms with van der Waals surface area (Å²) >= 11 is 0. The highest BCUT2D eigenvalue weighted by atomic mass is 16.5. The Bertz CT molecular complexity index is 909. The van der Waals surface area contributed by atoms with Gasteiger partial charge in [-0.05, 0) is 43.5 Å². The molecular formula is C22H28N4O3. The van der Waals surface area contributed by atoms with Crippen molar-refractivity contribution in [3.8, 4) is 6.07 Å². The number of hydrogen-bond acceptors (Lipinski definition) is 6. The number of aliphatic hydroxyl groups is 1. The summed E-state index contributed by atoms with van der Waals surface area (Å²) in [5.41, 5.74) is 2.12. The second-order valence-corrected chi connectivity index (χ2v) is 8.00. The van der Waals surface area contributed by atoms with Gasteiger partial charge >= 0.3 is 0 Å². The van der Waals surface area contributed by atoms with E-state index in [0.717, 1.165) is 11.1 Å². The molecule has 2 aromatic rings. The first-order valence-electron chi connectivity index (χ1n) is 10.0. The smallest absolute Gasteiger partial charge is 0.251 e. The number of carbonyl (C=O) groups is 1. The maximum absolute atomic E-state index is 12.8. The standard InChI is InChI=1S/C22H28N4O3/c1-14(2)9-17(13-27)25-22(28)20-12-26(11-15(3)29-20)19-7-6-16(10-23)21-18(19)5-4-8-24-21/h4-8,14-15,17,20,27H,9,11-13H2,1-3H3,(H,25,28)/t15-,17-,20-/m1/s1. The number of nitriles is 1. The molecule has 1 aromatic heterocycles. The molecule has 0 aliphatic carbocycles. The molecule has 2 heterocycles. The van der Waals surface area contributed by atoms with Crippen LogP contribution in [-0.4, -0.2) is 53.9 Å². The van der Waals surface area contributed by atoms with Crippen LogP contribution in [0.25, 0.3) is 10.9 Å². The normalized spacial score (nSPS) is 20.5. The second-order valence-electron chi connectivity index (χ2n) is 8.00. The monoisotopic (exact) mass is 396 g/mol. The van der Waals surface area contributed by atoms with Crippen molar-refractivity contribution in [1.29, 1.82) is 5.26 Å². The van der Waals surface area contributed by atoms with Gasteiger partial charge in [-0.1, -0.05) is 13.8 Å². The zero-order valence-corrected chi connectivity index (χ0v) is 17.1. The first-order valence-corrected chi connectivity index (χ1v) is 10.0. The molecule has 0 bridgehead atoms. The summed E-state index contributed by atoms with van der Waals surface area (Å²) in [6.07, 6.45) is 1.61. The summed E-state index contributed by atoms with van der Waals surface area (Å²) in [5.74, 6) is 0.157. The fraction of sp³-hybridized carbons (Fsp3) is 0.500. The Labute approximate surface area is 171 Å². The highest BCUT2D eigenvalue weighted by Crippen LogP contribution is 2.30. The van der Waals surface area contributed by atoms with Gasteiger partial charge in [0.2, 0.25) is 0 Å². The van der Waals surface area contributed by atoms with E-state index < -0.39 is 6.10 Å². The summed E-state index contributed by atoms with van der Waals surface area (Å²) in [6, 6.07) is 9.37. The molecule has 7 heteroatoms. The van der Waals surface area contributed by atoms with Crippen LogP contribution in [0.3, 0.4) is 0 Å². The van der Waals surface area contributed by atoms with Crippen LogP contribution < -0.4 is 10.2 Å². The number of hydrogen-bond donors (Lipinski definition) is 2. The van der Waals surface area contributed by atoms with Gasteiger partial charge in [-0.2, -0.15) is 5.26 Å². The molecule has 1 saturated heterocycles. The van der Waals surface area contributed by atoms with E-state index in [2.05, 4.69) is 35.1 Å². The number of aliphatic hydroxyl groups excluding tert-OH is 1. The van der Waals surface area contributed by atoms with Crippen molar-refractivity contribution in [3.63, 3.8) is 0 Å². The Hall–Kier alpha value is -2.69. The minimum atomic E-state index is -0.637. The van der Waals surface area contributed by atoms with E-state index in [0.29, 0.717) is 36.5 Å². The van der Waals surface area contributed by atoms with Crippen LogP contribution in [0.2, 0.25) is 0 Å². The molecule has 3 rings (SSSR count). The molecular weight excluding hydrogens is 368 g/mol. The summed E-state index contributed by atoms with van der Waals surface area (Å²) < 4.78 is 5.90. The number of morpholine rings is 1. The Balaban J connectivity index is 1.83. The van der Waals surface area contributed by atoms with Gasteiger partial charge in [-0.15, -0.1) is 0 Å². The molecule has 1 fully saturated rings. The number of nitrogens with zero attached hydrogens (tertiary/aromatic N) is 3. The van der Waals surface area contributed by atoms with Gasteiger partial charge in [0, 0.05) is 23.8 Å². The van der Waals surface area contributed by atoms with E-state index in [9.17, 15) is 15.2 Å². The number of pyridine rings is 1. The van der Waals surface area contributed by atoms with Crippen LogP contribution in [0.1, 0.15) is 32.8 Å². The summed E-state index contributed by atoms with van der Waals surface area (Å²) in [7, 11) is 0. The number of ether oxygens (including phenoxy) is 1. The average Bonchev–Trinajstić information content (AvgIpc) is 2.71. The van der Waals surface area contributed by atoms with E-state index in [1.807, 2.05) is 25.1 Å². The van der Waals surface area contributed by atoms with Crippen LogP contribution in [0.5, 0.6) is 0 Å². The molecule has 154 valence electrons. The third-order valence-corrected chi connectivity index (χ3v) is 5.08. The van der Waals surface area contributed by atoms with Gasteiger partial charge in [0.05, 0.1) is 36.4 Å². The fourth-order valence-corrected chi connectivity index (χ4v) is 3.86. The minimum absolute atomic E-state index is 0.0954. The van der Waals surface area contributed by atoms with E-state index in [-0.39, 0.29) is 24.7 Å². The van der Waals surface area contributed by atoms with Gasteiger partial charge in [0.25, 0.3) is 5.91 Å². The predicted molar refractivity (Wildman–Crippen MR) is 111 cm³/mol. The van der Waals surface area contributed by atoms with Crippen molar-refractivity contribution >= 4 is 22.5 Å². The molecule has 0 radical (unpaired) electrons. The van der Waals surface area contributed by atoms with E-state index in [1.54, 1.807) is 12.3 Å². The summed E-state index contributed by atoms with van der Waals surface area (Å²) in [5, 5.41) is 22.7. The number of carbonyl (C=O) groups excluding carboxylic acids is 1. The van der Waals surface area contributed by atoms with Crippen molar-refractivity contribution < 1.29 is 14.6 Å². The SMILES string of the molecule is CC(C)C[C@H](CO)NC(=O)[C@H]1CN(c2ccc(C#N)c3ncccc23)C[C@@H](C)O1. The molecule has 1 aromatic carbocycles. The Morgan fingerprint density at radius 3 is 2.90 bits per heavy atom. The lowest BCUT2D eigenvalue weighted by atomic mass is 10.0. The number of anilines is 1. The van der Waals surface area contributed by atoms with Crippen molar-refractivity contribution in [1.82, 2.24) is 10.3 Å². The van der Waals surface area contributed by atoms with E-state index >= 15 is 0 Å². The third kappa shape index (κ3) is 4.84. The molecule has 2 N–H and O–H groups in total. The lowest BCUT2D eigenvalue weighted by Gasteiger charge is -2.38. The van der Waals surface area contributed by atoms with Crippen LogP contribution >= 0.6 is 0 Å². The van der Waals surface area contributed by atoms with Crippen LogP contribution in [-0.2, 0) is 9.53 Å². The predicted octanol–water partition coefficient (Wildman–Crippen LogP) is 2.22. The van der Waals surface area contributed by atoms with Crippen LogP contribution in [0.15, 0.2) is 30.5 Å². The molecule has 3 atom stereocenters. The molecule has 0 saturated carbocycles. The Morgan fingerprint density at radius 1 is 1.41 bits per heavy atom. The molecule has 1 aliphatic rings. The first kappa shape index (κ1) is 21.0. The zero-order valence-electron chi connectivity index (χ0n) is 17.1. The molecule has 1 amide bonds. The van der Waals surface area contributed by atoms with Crippen LogP contribution in [0.4, 0.5) is 5.69 Å². The Kier molecular flexibility index (Phi) is 6.68. The van der Waals surface area contributed by atoms with Crippen LogP contribution in [0, 0.1) is 17.2 Å². The van der Waals surface area contributed by atoms with Gasteiger partial charge in [0.1, 0.15) is 6.07 Å². The number of fused-ring (bicyclic) bond motifs is 1. The highest BCUT2D eigenvalue weighted by molar-refractivity contribution is 5.95. The van der Waals surface area contributed by atoms with E-state index in [1.165, 1.54) is 0 Å². The number of amides is 1. The van der Waals surface area contributed by atoms with Crippen molar-refractivity contribution in [2.45, 2.75) is 45.4 Å². The first-order chi connectivity index (χ1) is 13.9. The highest BCUT2D eigenvalue weighted by Gasteiger charge is 2.32. The van der Waals surface area contributed by atoms with Gasteiger partial charge in [-0.25, -0.2) is 0 Å². The summed E-state index contributed by atoms with van der Waals surface area (Å²) in [6.45, 7) is 6.98. The molecule has 0 spiro atoms. The largest absolute Gasteiger partial charge is 0.394 e. The van der Waals surface area contributed by atoms with Gasteiger partial charge in [0.15, 0.2) is 6.10 Å². The minimum Gasteiger partial charge on any atom is -0.394 e. The second kappa shape index (κ2) is 9.21. The van der Waals surface area contributed by atoms with E-state index in [4.69, 9.17) is 4.74 Å². The average molecular weight is 396 g/mol. The lowest BCUT2D eigenvalue weighted by molar-refractivity contribution is -0.138. The number of aromatic nitrogens is 1.